The Bertz CT molecular complexity index is 689. The number of benzene rings is 2. The van der Waals surface area contributed by atoms with E-state index in [0.717, 1.165) is 11.1 Å². The highest BCUT2D eigenvalue weighted by Gasteiger charge is 2.17. The summed E-state index contributed by atoms with van der Waals surface area (Å²) in [6.45, 7) is 3.87. The molecule has 0 bridgehead atoms. The fourth-order valence-corrected chi connectivity index (χ4v) is 2.22. The fraction of sp³-hybridized carbons (Fsp3) is 0.133. The van der Waals surface area contributed by atoms with Gasteiger partial charge in [0.2, 0.25) is 0 Å². The number of carbonyl (C=O) groups excluding carboxylic acids is 1. The number of halogens is 1. The van der Waals surface area contributed by atoms with Crippen molar-refractivity contribution in [1.29, 1.82) is 0 Å². The second kappa shape index (κ2) is 6.31. The molecular weight excluding hydrogens is 288 g/mol. The molecule has 2 aromatic carbocycles. The molecule has 0 unspecified atom stereocenters. The van der Waals surface area contributed by atoms with E-state index < -0.39 is 13.0 Å². The maximum Gasteiger partial charge on any atom is 0.488 e. The zero-order valence-corrected chi connectivity index (χ0v) is 12.5. The van der Waals surface area contributed by atoms with Gasteiger partial charge in [-0.2, -0.15) is 0 Å². The van der Waals surface area contributed by atoms with Gasteiger partial charge in [-0.05, 0) is 43.1 Å². The Hall–Kier alpha value is -1.82. The lowest BCUT2D eigenvalue weighted by Crippen LogP contribution is -2.31. The Morgan fingerprint density at radius 3 is 2.48 bits per heavy atom. The molecule has 108 valence electrons. The van der Waals surface area contributed by atoms with Crippen LogP contribution in [0.15, 0.2) is 36.4 Å². The minimum atomic E-state index is -1.64. The van der Waals surface area contributed by atoms with Crippen LogP contribution < -0.4 is 10.8 Å². The van der Waals surface area contributed by atoms with Gasteiger partial charge in [-0.15, -0.1) is 0 Å². The van der Waals surface area contributed by atoms with E-state index in [2.05, 4.69) is 5.32 Å². The van der Waals surface area contributed by atoms with Crippen LogP contribution in [0, 0.1) is 13.8 Å². The second-order valence-electron chi connectivity index (χ2n) is 4.89. The molecule has 2 aromatic rings. The zero-order chi connectivity index (χ0) is 15.6. The van der Waals surface area contributed by atoms with E-state index >= 15 is 0 Å². The van der Waals surface area contributed by atoms with Crippen LogP contribution in [0.1, 0.15) is 21.5 Å². The van der Waals surface area contributed by atoms with E-state index in [0.29, 0.717) is 5.69 Å². The van der Waals surface area contributed by atoms with Crippen molar-refractivity contribution in [2.24, 2.45) is 0 Å². The summed E-state index contributed by atoms with van der Waals surface area (Å²) in [4.78, 5) is 12.3. The molecule has 21 heavy (non-hydrogen) atoms. The van der Waals surface area contributed by atoms with Gasteiger partial charge in [-0.3, -0.25) is 4.79 Å². The molecule has 3 N–H and O–H groups in total. The normalized spacial score (nSPS) is 10.3. The molecule has 0 fully saturated rings. The van der Waals surface area contributed by atoms with Gasteiger partial charge < -0.3 is 15.4 Å². The molecule has 4 nitrogen and oxygen atoms in total. The monoisotopic (exact) mass is 303 g/mol. The molecule has 0 saturated heterocycles. The molecule has 2 rings (SSSR count). The van der Waals surface area contributed by atoms with Crippen LogP contribution in [0.5, 0.6) is 0 Å². The Morgan fingerprint density at radius 2 is 1.86 bits per heavy atom. The first-order valence-electron chi connectivity index (χ1n) is 6.42. The summed E-state index contributed by atoms with van der Waals surface area (Å²) in [5, 5.41) is 21.4. The predicted molar refractivity (Wildman–Crippen MR) is 85.1 cm³/mol. The van der Waals surface area contributed by atoms with E-state index in [-0.39, 0.29) is 16.0 Å². The van der Waals surface area contributed by atoms with Crippen molar-refractivity contribution >= 4 is 35.8 Å². The van der Waals surface area contributed by atoms with Crippen molar-refractivity contribution < 1.29 is 14.8 Å². The lowest BCUT2D eigenvalue weighted by atomic mass is 9.79. The molecule has 0 saturated carbocycles. The van der Waals surface area contributed by atoms with Crippen LogP contribution in [0.25, 0.3) is 0 Å². The fourth-order valence-electron chi connectivity index (χ4n) is 2.02. The highest BCUT2D eigenvalue weighted by molar-refractivity contribution is 6.59. The number of nitrogens with one attached hydrogen (secondary N) is 1. The van der Waals surface area contributed by atoms with Gasteiger partial charge in [0.25, 0.3) is 5.91 Å². The summed E-state index contributed by atoms with van der Waals surface area (Å²) in [5.74, 6) is -0.394. The van der Waals surface area contributed by atoms with Crippen LogP contribution >= 0.6 is 11.6 Å². The molecule has 1 amide bonds. The van der Waals surface area contributed by atoms with Gasteiger partial charge in [0, 0.05) is 5.69 Å². The summed E-state index contributed by atoms with van der Waals surface area (Å²) >= 11 is 6.00. The largest absolute Gasteiger partial charge is 0.488 e. The molecule has 0 radical (unpaired) electrons. The minimum absolute atomic E-state index is 0.197. The summed E-state index contributed by atoms with van der Waals surface area (Å²) in [6.07, 6.45) is 0. The molecule has 0 aliphatic heterocycles. The molecular formula is C15H15BClNO3. The van der Waals surface area contributed by atoms with Crippen molar-refractivity contribution in [3.05, 3.63) is 58.1 Å². The van der Waals surface area contributed by atoms with E-state index in [4.69, 9.17) is 21.6 Å². The topological polar surface area (TPSA) is 69.6 Å². The van der Waals surface area contributed by atoms with Gasteiger partial charge in [0.15, 0.2) is 0 Å². The van der Waals surface area contributed by atoms with Crippen molar-refractivity contribution in [2.45, 2.75) is 13.8 Å². The molecule has 0 aliphatic carbocycles. The molecule has 0 aliphatic rings. The van der Waals surface area contributed by atoms with Crippen molar-refractivity contribution in [3.8, 4) is 0 Å². The molecule has 6 heteroatoms. The Labute approximate surface area is 128 Å². The number of carbonyl (C=O) groups is 1. The lowest BCUT2D eigenvalue weighted by Gasteiger charge is -2.11. The summed E-state index contributed by atoms with van der Waals surface area (Å²) in [6, 6.07) is 9.98. The highest BCUT2D eigenvalue weighted by atomic mass is 35.5. The van der Waals surface area contributed by atoms with Gasteiger partial charge in [-0.25, -0.2) is 0 Å². The Morgan fingerprint density at radius 1 is 1.14 bits per heavy atom. The number of anilines is 1. The average molecular weight is 304 g/mol. The van der Waals surface area contributed by atoms with E-state index in [1.165, 1.54) is 18.2 Å². The third kappa shape index (κ3) is 3.64. The second-order valence-corrected chi connectivity index (χ2v) is 5.29. The first-order valence-corrected chi connectivity index (χ1v) is 6.80. The van der Waals surface area contributed by atoms with Crippen LogP contribution in [0.4, 0.5) is 5.69 Å². The summed E-state index contributed by atoms with van der Waals surface area (Å²) in [7, 11) is -1.64. The number of aryl methyl sites for hydroxylation is 2. The maximum absolute atomic E-state index is 12.3. The van der Waals surface area contributed by atoms with Gasteiger partial charge in [0.05, 0.1) is 10.6 Å². The molecule has 0 heterocycles. The van der Waals surface area contributed by atoms with Crippen LogP contribution in [-0.4, -0.2) is 23.1 Å². The number of amides is 1. The quantitative estimate of drug-likeness (QED) is 0.758. The number of hydrogen-bond donors (Lipinski definition) is 3. The third-order valence-corrected chi connectivity index (χ3v) is 3.49. The number of hydrogen-bond acceptors (Lipinski definition) is 3. The first kappa shape index (κ1) is 15.6. The lowest BCUT2D eigenvalue weighted by molar-refractivity contribution is 0.102. The molecule has 0 atom stereocenters. The van der Waals surface area contributed by atoms with Crippen molar-refractivity contribution in [1.82, 2.24) is 0 Å². The van der Waals surface area contributed by atoms with Crippen LogP contribution in [0.2, 0.25) is 5.02 Å². The Kier molecular flexibility index (Phi) is 4.68. The Balaban J connectivity index is 2.30. The van der Waals surface area contributed by atoms with E-state index in [1.807, 2.05) is 32.0 Å². The number of rotatable bonds is 3. The standard InChI is InChI=1S/C15H15BClNO3/c1-9-3-6-14(10(2)7-9)18-15(19)12-8-11(16(20)21)4-5-13(12)17/h3-8,20-21H,1-2H3,(H,18,19). The first-order chi connectivity index (χ1) is 9.88. The van der Waals surface area contributed by atoms with Gasteiger partial charge in [-0.1, -0.05) is 35.4 Å². The molecule has 0 aromatic heterocycles. The van der Waals surface area contributed by atoms with E-state index in [1.54, 1.807) is 0 Å². The van der Waals surface area contributed by atoms with Crippen LogP contribution in [-0.2, 0) is 0 Å². The van der Waals surface area contributed by atoms with Crippen LogP contribution in [0.3, 0.4) is 0 Å². The minimum Gasteiger partial charge on any atom is -0.423 e. The SMILES string of the molecule is Cc1ccc(NC(=O)c2cc(B(O)O)ccc2Cl)c(C)c1. The predicted octanol–water partition coefficient (Wildman–Crippen LogP) is 1.89. The van der Waals surface area contributed by atoms with Gasteiger partial charge in [0.1, 0.15) is 0 Å². The van der Waals surface area contributed by atoms with E-state index in [9.17, 15) is 4.79 Å². The maximum atomic E-state index is 12.3. The average Bonchev–Trinajstić information content (AvgIpc) is 2.42. The smallest absolute Gasteiger partial charge is 0.423 e. The van der Waals surface area contributed by atoms with Crippen molar-refractivity contribution in [3.63, 3.8) is 0 Å². The molecule has 0 spiro atoms. The summed E-state index contributed by atoms with van der Waals surface area (Å²) < 4.78 is 0. The van der Waals surface area contributed by atoms with Gasteiger partial charge >= 0.3 is 7.12 Å². The summed E-state index contributed by atoms with van der Waals surface area (Å²) in [5.41, 5.74) is 3.15. The highest BCUT2D eigenvalue weighted by Crippen LogP contribution is 2.20. The third-order valence-electron chi connectivity index (χ3n) is 3.16. The zero-order valence-electron chi connectivity index (χ0n) is 11.7. The van der Waals surface area contributed by atoms with Crippen molar-refractivity contribution in [2.75, 3.05) is 5.32 Å².